The van der Waals surface area contributed by atoms with Crippen molar-refractivity contribution in [3.05, 3.63) is 71.0 Å². The number of nitriles is 2. The molecule has 0 radical (unpaired) electrons. The molecule has 2 aromatic heterocycles. The van der Waals surface area contributed by atoms with Crippen LogP contribution in [0.1, 0.15) is 54.2 Å². The van der Waals surface area contributed by atoms with Crippen LogP contribution in [0.4, 0.5) is 29.6 Å². The SMILES string of the molecule is Cn1cnnc1-c1ccc(C#N)cc1-c1cc(NCCC#N)nc(N2Cc3c(cc(OCCOCCOCCOCCNC(=O)OC(C)(C)C)cc3C(F)(F)F)C2=O)c1. The summed E-state index contributed by atoms with van der Waals surface area (Å²) in [6.45, 7) is 6.57. The Morgan fingerprint density at radius 3 is 2.25 bits per heavy atom. The predicted octanol–water partition coefficient (Wildman–Crippen LogP) is 5.87. The Hall–Kier alpha value is -6.28. The van der Waals surface area contributed by atoms with Crippen LogP contribution in [-0.4, -0.2) is 96.7 Å². The van der Waals surface area contributed by atoms with Gasteiger partial charge in [-0.2, -0.15) is 23.7 Å². The van der Waals surface area contributed by atoms with Crippen LogP contribution in [0, 0.1) is 22.7 Å². The van der Waals surface area contributed by atoms with Crippen LogP contribution in [-0.2, 0) is 38.7 Å². The Bertz CT molecular complexity index is 2190. The Morgan fingerprint density at radius 2 is 1.61 bits per heavy atom. The third-order valence-corrected chi connectivity index (χ3v) is 8.52. The van der Waals surface area contributed by atoms with Gasteiger partial charge in [-0.25, -0.2) is 9.78 Å². The van der Waals surface area contributed by atoms with E-state index in [4.69, 9.17) is 28.9 Å². The van der Waals surface area contributed by atoms with E-state index >= 15 is 0 Å². The summed E-state index contributed by atoms with van der Waals surface area (Å²) in [6, 6.07) is 14.5. The van der Waals surface area contributed by atoms with Crippen molar-refractivity contribution in [3.8, 4) is 40.4 Å². The zero-order chi connectivity index (χ0) is 42.6. The Morgan fingerprint density at radius 1 is 0.898 bits per heavy atom. The maximum atomic E-state index is 14.5. The van der Waals surface area contributed by atoms with Gasteiger partial charge in [0, 0.05) is 31.3 Å². The largest absolute Gasteiger partial charge is 0.491 e. The molecule has 1 aliphatic rings. The number of alkyl carbamates (subject to hydrolysis) is 1. The molecule has 0 saturated heterocycles. The van der Waals surface area contributed by atoms with Crippen molar-refractivity contribution in [2.75, 3.05) is 69.6 Å². The molecule has 5 rings (SSSR count). The molecule has 59 heavy (non-hydrogen) atoms. The van der Waals surface area contributed by atoms with Crippen LogP contribution in [0.15, 0.2) is 48.8 Å². The number of pyridine rings is 1. The minimum absolute atomic E-state index is 0.0380. The van der Waals surface area contributed by atoms with Gasteiger partial charge in [0.25, 0.3) is 5.91 Å². The summed E-state index contributed by atoms with van der Waals surface area (Å²) in [6.07, 6.45) is -3.69. The number of amides is 2. The molecule has 312 valence electrons. The highest BCUT2D eigenvalue weighted by atomic mass is 19.4. The smallest absolute Gasteiger partial charge is 0.416 e. The highest BCUT2D eigenvalue weighted by Crippen LogP contribution is 2.42. The summed E-state index contributed by atoms with van der Waals surface area (Å²) in [7, 11) is 1.75. The van der Waals surface area contributed by atoms with E-state index in [0.29, 0.717) is 28.1 Å². The molecule has 2 aromatic carbocycles. The molecular formula is C40H44F3N9O7. The average molecular weight is 820 g/mol. The van der Waals surface area contributed by atoms with Gasteiger partial charge in [0.15, 0.2) is 5.82 Å². The van der Waals surface area contributed by atoms with E-state index in [9.17, 15) is 28.0 Å². The lowest BCUT2D eigenvalue weighted by molar-refractivity contribution is -0.138. The normalized spacial score (nSPS) is 12.5. The minimum Gasteiger partial charge on any atom is -0.491 e. The second-order valence-corrected chi connectivity index (χ2v) is 14.1. The molecule has 19 heteroatoms. The second-order valence-electron chi connectivity index (χ2n) is 14.1. The number of nitrogens with one attached hydrogen (secondary N) is 2. The number of fused-ring (bicyclic) bond motifs is 1. The maximum absolute atomic E-state index is 14.5. The van der Waals surface area contributed by atoms with Crippen molar-refractivity contribution in [3.63, 3.8) is 0 Å². The van der Waals surface area contributed by atoms with E-state index in [2.05, 4.69) is 31.9 Å². The summed E-state index contributed by atoms with van der Waals surface area (Å²) in [5.74, 6) is -0.0998. The van der Waals surface area contributed by atoms with Crippen molar-refractivity contribution in [2.45, 2.75) is 45.5 Å². The molecule has 16 nitrogen and oxygen atoms in total. The van der Waals surface area contributed by atoms with E-state index in [0.717, 1.165) is 11.0 Å². The fourth-order valence-electron chi connectivity index (χ4n) is 5.92. The molecule has 2 N–H and O–H groups in total. The second kappa shape index (κ2) is 19.9. The lowest BCUT2D eigenvalue weighted by Crippen LogP contribution is -2.34. The van der Waals surface area contributed by atoms with E-state index < -0.39 is 35.9 Å². The zero-order valence-electron chi connectivity index (χ0n) is 33.0. The summed E-state index contributed by atoms with van der Waals surface area (Å²) in [5, 5.41) is 32.6. The number of alkyl halides is 3. The van der Waals surface area contributed by atoms with Gasteiger partial charge in [-0.05, 0) is 79.9 Å². The molecule has 2 amide bonds. The molecule has 0 bridgehead atoms. The topological polar surface area (TPSA) is 199 Å². The first-order chi connectivity index (χ1) is 28.2. The van der Waals surface area contributed by atoms with E-state index in [1.54, 1.807) is 62.7 Å². The van der Waals surface area contributed by atoms with Crippen LogP contribution in [0.3, 0.4) is 0 Å². The van der Waals surface area contributed by atoms with Crippen LogP contribution < -0.4 is 20.3 Å². The molecule has 3 heterocycles. The summed E-state index contributed by atoms with van der Waals surface area (Å²) >= 11 is 0. The Balaban J connectivity index is 1.23. The number of aryl methyl sites for hydroxylation is 1. The quantitative estimate of drug-likeness (QED) is 0.107. The van der Waals surface area contributed by atoms with Crippen molar-refractivity contribution in [2.24, 2.45) is 7.05 Å². The number of benzene rings is 2. The van der Waals surface area contributed by atoms with Crippen LogP contribution in [0.2, 0.25) is 0 Å². The van der Waals surface area contributed by atoms with Crippen LogP contribution in [0.5, 0.6) is 5.75 Å². The van der Waals surface area contributed by atoms with Crippen molar-refractivity contribution in [1.29, 1.82) is 10.5 Å². The number of hydrogen-bond acceptors (Lipinski definition) is 13. The van der Waals surface area contributed by atoms with E-state index in [1.807, 2.05) is 6.07 Å². The van der Waals surface area contributed by atoms with Gasteiger partial charge in [0.1, 0.15) is 35.9 Å². The minimum atomic E-state index is -4.81. The first-order valence-corrected chi connectivity index (χ1v) is 18.6. The highest BCUT2D eigenvalue weighted by molar-refractivity contribution is 6.10. The summed E-state index contributed by atoms with van der Waals surface area (Å²) in [5.41, 5.74) is -0.0802. The number of halogens is 3. The fourth-order valence-corrected chi connectivity index (χ4v) is 5.92. The van der Waals surface area contributed by atoms with Crippen LogP contribution >= 0.6 is 0 Å². The van der Waals surface area contributed by atoms with Gasteiger partial charge in [0.05, 0.1) is 75.9 Å². The van der Waals surface area contributed by atoms with Crippen molar-refractivity contribution < 1.29 is 46.4 Å². The van der Waals surface area contributed by atoms with Crippen molar-refractivity contribution >= 4 is 23.6 Å². The summed E-state index contributed by atoms with van der Waals surface area (Å²) in [4.78, 5) is 31.3. The number of nitrogens with zero attached hydrogens (tertiary/aromatic N) is 7. The lowest BCUT2D eigenvalue weighted by atomic mass is 9.97. The lowest BCUT2D eigenvalue weighted by Gasteiger charge is -2.19. The first kappa shape index (κ1) is 43.8. The molecule has 0 spiro atoms. The Labute approximate surface area is 338 Å². The fraction of sp³-hybridized carbons (Fsp3) is 0.425. The molecule has 0 saturated carbocycles. The average Bonchev–Trinajstić information content (AvgIpc) is 3.77. The van der Waals surface area contributed by atoms with Gasteiger partial charge < -0.3 is 38.9 Å². The maximum Gasteiger partial charge on any atom is 0.416 e. The van der Waals surface area contributed by atoms with Gasteiger partial charge >= 0.3 is 12.3 Å². The molecular weight excluding hydrogens is 775 g/mol. The van der Waals surface area contributed by atoms with Gasteiger partial charge in [-0.15, -0.1) is 10.2 Å². The number of anilines is 2. The van der Waals surface area contributed by atoms with Crippen LogP contribution in [0.25, 0.3) is 22.5 Å². The standard InChI is InChI=1S/C40H44F3N9O7/c1-39(2,3)59-38(54)47-10-11-55-12-13-56-14-15-57-16-17-58-28-21-31-32(33(22-28)40(41,42)43)24-52(37(31)53)35-20-27(19-34(49-35)46-9-5-8-44)30-18-26(23-45)6-7-29(30)36-50-48-25-51(36)4/h6-7,18-22,25H,5,9-17,24H2,1-4H3,(H,46,49)(H,47,54). The summed E-state index contributed by atoms with van der Waals surface area (Å²) < 4.78 is 72.3. The number of ether oxygens (including phenoxy) is 5. The number of carbonyl (C=O) groups excluding carboxylic acids is 2. The van der Waals surface area contributed by atoms with Crippen molar-refractivity contribution in [1.82, 2.24) is 25.1 Å². The van der Waals surface area contributed by atoms with Gasteiger partial charge in [-0.1, -0.05) is 0 Å². The monoisotopic (exact) mass is 819 g/mol. The molecule has 0 unspecified atom stereocenters. The number of hydrogen-bond donors (Lipinski definition) is 2. The molecule has 0 aliphatic carbocycles. The van der Waals surface area contributed by atoms with Gasteiger partial charge in [0.2, 0.25) is 0 Å². The predicted molar refractivity (Wildman–Crippen MR) is 207 cm³/mol. The molecule has 0 atom stereocenters. The third kappa shape index (κ3) is 12.1. The highest BCUT2D eigenvalue weighted by Gasteiger charge is 2.41. The third-order valence-electron chi connectivity index (χ3n) is 8.52. The molecule has 4 aromatic rings. The zero-order valence-corrected chi connectivity index (χ0v) is 33.0. The number of rotatable bonds is 19. The number of carbonyl (C=O) groups is 2. The Kier molecular flexibility index (Phi) is 14.8. The van der Waals surface area contributed by atoms with E-state index in [1.165, 1.54) is 12.4 Å². The molecule has 0 fully saturated rings. The van der Waals surface area contributed by atoms with Gasteiger partial charge in [-0.3, -0.25) is 9.69 Å². The first-order valence-electron chi connectivity index (χ1n) is 18.6. The van der Waals surface area contributed by atoms with E-state index in [-0.39, 0.29) is 94.3 Å². The number of aromatic nitrogens is 4. The molecule has 1 aliphatic heterocycles.